The maximum atomic E-state index is 15.2. The number of benzene rings is 3. The first-order valence-electron chi connectivity index (χ1n) is 38.9. The van der Waals surface area contributed by atoms with E-state index in [-0.39, 0.29) is 95.0 Å². The topological polar surface area (TPSA) is 625 Å². The summed E-state index contributed by atoms with van der Waals surface area (Å²) in [5.41, 5.74) is 25.2. The minimum absolute atomic E-state index is 0.0329. The van der Waals surface area contributed by atoms with Crippen molar-refractivity contribution in [3.63, 3.8) is 0 Å². The van der Waals surface area contributed by atoms with E-state index in [1.807, 2.05) is 0 Å². The minimum Gasteiger partial charge on any atom is -0.481 e. The van der Waals surface area contributed by atoms with Gasteiger partial charge < -0.3 is 117 Å². The number of guanidine groups is 1. The smallest absolute Gasteiger partial charge is 0.303 e. The number of imidazole rings is 1. The third kappa shape index (κ3) is 30.7. The molecule has 1 aliphatic rings. The van der Waals surface area contributed by atoms with E-state index in [1.165, 1.54) is 17.4 Å². The standard InChI is InChI=1S/C78H111N21O18/c1-5-6-24-52(91-75(115)61(42-101)97-72(112)57(35-47-21-11-8-12-22-47)94-74(114)60(41-100)88-45(4)102)68(108)92-54(29-30-64(104)105)70(110)96-59(37-49-39-83-43-87-49)73(113)93-56(34-46-19-9-7-10-20-46)71(111)90-53(27-17-32-84-78(81)82)69(109)95-58(36-48-38-85-51-25-14-13-23-50(48)51)67(107)86-40-63(103)89-55(26-15-16-31-79)77(117)99-33-18-28-62(99)76(116)98-65(44(2)3)66(80)106/h7-14,19-23,25,38-39,43-44,52-62,65,85,100-101H,5-6,15-18,24,26-37,40-42,79H2,1-4H3,(H2,80,106)(H,83,87)(H,86,107)(H,88,102)(H,89,103)(H,90,111)(H,91,115)(H,92,108)(H,93,113)(H,94,114)(H,95,109)(H,96,110)(H,97,112)(H,98,116)(H,104,105)(H4,81,82,84)/t52-,53-,54-,55-,56-,57-,58-,59-,60-,61-,62-,65-/m0/s1. The minimum atomic E-state index is -1.79. The third-order valence-electron chi connectivity index (χ3n) is 19.3. The monoisotopic (exact) mass is 1630 g/mol. The van der Waals surface area contributed by atoms with E-state index < -0.39 is 200 Å². The molecule has 14 amide bonds. The Bertz CT molecular complexity index is 4200. The summed E-state index contributed by atoms with van der Waals surface area (Å²) in [5, 5.41) is 61.8. The molecule has 0 aliphatic carbocycles. The molecule has 6 rings (SSSR count). The van der Waals surface area contributed by atoms with Crippen molar-refractivity contribution in [1.82, 2.24) is 83.7 Å². The Hall–Kier alpha value is -12.4. The zero-order valence-corrected chi connectivity index (χ0v) is 66.0. The first kappa shape index (κ1) is 93.5. The van der Waals surface area contributed by atoms with Crippen molar-refractivity contribution in [2.75, 3.05) is 39.4 Å². The number of fused-ring (bicyclic) bond motifs is 1. The number of carbonyl (C=O) groups excluding carboxylic acids is 14. The molecule has 0 unspecified atom stereocenters. The second-order valence-electron chi connectivity index (χ2n) is 28.8. The molecule has 1 aliphatic heterocycles. The number of nitrogens with one attached hydrogen (secondary N) is 14. The van der Waals surface area contributed by atoms with Crippen molar-refractivity contribution in [3.05, 3.63) is 126 Å². The van der Waals surface area contributed by atoms with Gasteiger partial charge in [-0.25, -0.2) is 4.98 Å². The number of aliphatic imine (C=N–C) groups is 1. The molecular weight excluding hydrogens is 1520 g/mol. The Morgan fingerprint density at radius 2 is 1.03 bits per heavy atom. The van der Waals surface area contributed by atoms with Crippen LogP contribution in [0.4, 0.5) is 0 Å². The van der Waals surface area contributed by atoms with Crippen LogP contribution in [0.15, 0.2) is 109 Å². The van der Waals surface area contributed by atoms with E-state index in [0.717, 1.165) is 6.92 Å². The zero-order valence-electron chi connectivity index (χ0n) is 66.0. The van der Waals surface area contributed by atoms with Crippen molar-refractivity contribution in [2.24, 2.45) is 33.8 Å². The summed E-state index contributed by atoms with van der Waals surface area (Å²) < 4.78 is 0. The van der Waals surface area contributed by atoms with Gasteiger partial charge in [0, 0.05) is 75.4 Å². The van der Waals surface area contributed by atoms with Gasteiger partial charge in [-0.1, -0.05) is 112 Å². The maximum absolute atomic E-state index is 15.2. The highest BCUT2D eigenvalue weighted by Crippen LogP contribution is 2.23. The average Bonchev–Trinajstić information content (AvgIpc) is 1.72. The molecule has 39 heteroatoms. The fraction of sp³-hybridized carbons (Fsp3) is 0.500. The molecule has 1 fully saturated rings. The van der Waals surface area contributed by atoms with E-state index in [1.54, 1.807) is 112 Å². The molecule has 0 spiro atoms. The number of carboxylic acid groups (broad SMARTS) is 1. The van der Waals surface area contributed by atoms with Gasteiger partial charge in [-0.3, -0.25) is 76.9 Å². The Kier molecular flexibility index (Phi) is 38.4. The van der Waals surface area contributed by atoms with Crippen molar-refractivity contribution < 1.29 is 87.2 Å². The molecule has 1 saturated heterocycles. The second kappa shape index (κ2) is 48.1. The number of aliphatic carboxylic acids is 1. The number of rotatable bonds is 50. The van der Waals surface area contributed by atoms with E-state index in [0.29, 0.717) is 53.3 Å². The summed E-state index contributed by atoms with van der Waals surface area (Å²) >= 11 is 0. The van der Waals surface area contributed by atoms with E-state index in [4.69, 9.17) is 22.9 Å². The zero-order chi connectivity index (χ0) is 85.7. The molecule has 25 N–H and O–H groups in total. The number of amides is 14. The highest BCUT2D eigenvalue weighted by molar-refractivity contribution is 6.00. The Balaban J connectivity index is 1.25. The normalized spacial score (nSPS) is 15.2. The number of aliphatic hydroxyl groups excluding tert-OH is 2. The lowest BCUT2D eigenvalue weighted by molar-refractivity contribution is -0.142. The summed E-state index contributed by atoms with van der Waals surface area (Å²) in [4.78, 5) is 224. The van der Waals surface area contributed by atoms with Crippen molar-refractivity contribution in [3.8, 4) is 0 Å². The van der Waals surface area contributed by atoms with Crippen LogP contribution in [0.5, 0.6) is 0 Å². The lowest BCUT2D eigenvalue weighted by Gasteiger charge is -2.30. The van der Waals surface area contributed by atoms with Crippen LogP contribution in [0.25, 0.3) is 10.9 Å². The number of primary amides is 1. The van der Waals surface area contributed by atoms with Crippen molar-refractivity contribution in [1.29, 1.82) is 0 Å². The van der Waals surface area contributed by atoms with E-state index in [9.17, 15) is 72.9 Å². The summed E-state index contributed by atoms with van der Waals surface area (Å²) in [6.07, 6.45) is 4.02. The largest absolute Gasteiger partial charge is 0.481 e. The molecule has 636 valence electrons. The second-order valence-corrected chi connectivity index (χ2v) is 28.8. The molecule has 12 atom stereocenters. The number of unbranched alkanes of at least 4 members (excludes halogenated alkanes) is 2. The third-order valence-corrected chi connectivity index (χ3v) is 19.3. The van der Waals surface area contributed by atoms with Gasteiger partial charge in [-0.2, -0.15) is 0 Å². The Morgan fingerprint density at radius 1 is 0.547 bits per heavy atom. The summed E-state index contributed by atoms with van der Waals surface area (Å²) in [6.45, 7) is 4.03. The summed E-state index contributed by atoms with van der Waals surface area (Å²) in [7, 11) is 0. The van der Waals surface area contributed by atoms with Crippen LogP contribution in [0.3, 0.4) is 0 Å². The van der Waals surface area contributed by atoms with Gasteiger partial charge in [-0.05, 0) is 93.0 Å². The number of hydrogen-bond acceptors (Lipinski definition) is 20. The average molecular weight is 1630 g/mol. The highest BCUT2D eigenvalue weighted by Gasteiger charge is 2.41. The number of nitrogens with zero attached hydrogens (tertiary/aromatic N) is 3. The number of carbonyl (C=O) groups is 15. The number of H-pyrrole nitrogens is 2. The predicted octanol–water partition coefficient (Wildman–Crippen LogP) is -4.01. The van der Waals surface area contributed by atoms with Crippen LogP contribution in [0, 0.1) is 5.92 Å². The van der Waals surface area contributed by atoms with Crippen molar-refractivity contribution in [2.45, 2.75) is 203 Å². The number of likely N-dealkylation sites (tertiary alicyclic amines) is 1. The molecule has 0 bridgehead atoms. The lowest BCUT2D eigenvalue weighted by Crippen LogP contribution is -2.61. The summed E-state index contributed by atoms with van der Waals surface area (Å²) in [5.74, 6) is -14.5. The van der Waals surface area contributed by atoms with Gasteiger partial charge in [0.1, 0.15) is 72.5 Å². The number of nitrogens with two attached hydrogens (primary N) is 4. The van der Waals surface area contributed by atoms with Crippen LogP contribution in [-0.2, 0) is 97.6 Å². The van der Waals surface area contributed by atoms with Crippen LogP contribution >= 0.6 is 0 Å². The van der Waals surface area contributed by atoms with Gasteiger partial charge in [0.2, 0.25) is 82.7 Å². The molecule has 3 heterocycles. The predicted molar refractivity (Wildman–Crippen MR) is 427 cm³/mol. The molecule has 0 radical (unpaired) electrons. The fourth-order valence-corrected chi connectivity index (χ4v) is 13.1. The number of hydrogen-bond donors (Lipinski definition) is 21. The fourth-order valence-electron chi connectivity index (χ4n) is 13.1. The van der Waals surface area contributed by atoms with Crippen LogP contribution in [0.1, 0.15) is 127 Å². The van der Waals surface area contributed by atoms with Gasteiger partial charge in [0.25, 0.3) is 0 Å². The van der Waals surface area contributed by atoms with Crippen LogP contribution in [0.2, 0.25) is 0 Å². The molecule has 5 aromatic rings. The van der Waals surface area contributed by atoms with Crippen LogP contribution in [-0.4, -0.2) is 242 Å². The molecule has 39 nitrogen and oxygen atoms in total. The number of aromatic amines is 2. The molecule has 117 heavy (non-hydrogen) atoms. The molecule has 0 saturated carbocycles. The molecule has 3 aromatic carbocycles. The number of para-hydroxylation sites is 1. The number of aliphatic hydroxyl groups is 2. The summed E-state index contributed by atoms with van der Waals surface area (Å²) in [6, 6.07) is 6.15. The highest BCUT2D eigenvalue weighted by atomic mass is 16.4. The van der Waals surface area contributed by atoms with Gasteiger partial charge in [0.15, 0.2) is 5.96 Å². The first-order chi connectivity index (χ1) is 55.9. The number of carboxylic acids is 1. The quantitative estimate of drug-likeness (QED) is 0.0100. The van der Waals surface area contributed by atoms with Gasteiger partial charge in [-0.15, -0.1) is 0 Å². The van der Waals surface area contributed by atoms with Gasteiger partial charge >= 0.3 is 5.97 Å². The number of aromatic nitrogens is 3. The van der Waals surface area contributed by atoms with Gasteiger partial charge in [0.05, 0.1) is 31.8 Å². The Labute approximate surface area is 675 Å². The Morgan fingerprint density at radius 3 is 1.54 bits per heavy atom. The van der Waals surface area contributed by atoms with Crippen LogP contribution < -0.4 is 86.7 Å². The van der Waals surface area contributed by atoms with E-state index >= 15 is 14.4 Å². The molecule has 2 aromatic heterocycles. The first-order valence-corrected chi connectivity index (χ1v) is 38.9. The van der Waals surface area contributed by atoms with E-state index in [2.05, 4.69) is 83.7 Å². The lowest BCUT2D eigenvalue weighted by atomic mass is 10.0. The van der Waals surface area contributed by atoms with Crippen molar-refractivity contribution >= 4 is 106 Å². The maximum Gasteiger partial charge on any atom is 0.303 e. The molecular formula is C78H111N21O18. The SMILES string of the molecule is CCCC[C@H](NC(=O)[C@H](CO)NC(=O)[C@H](Cc1ccccc1)NC(=O)[C@H](CO)NC(C)=O)C(=O)N[C@@H](CCC(=O)O)C(=O)N[C@@H](Cc1c[nH]cn1)C(=O)N[C@@H](Cc1ccccc1)C(=O)N[C@@H](CCCN=C(N)N)C(=O)N[C@@H](Cc1c[nH]c2ccccc12)C(=O)NCC(=O)N[C@@H](CCCCN)C(=O)N1CCC[C@H]1C(=O)N[C@H](C(N)=O)C(C)C.